The molecule has 1 aliphatic rings. The normalized spacial score (nSPS) is 12.7. The second kappa shape index (κ2) is 4.74. The van der Waals surface area contributed by atoms with Gasteiger partial charge in [-0.25, -0.2) is 5.10 Å². The zero-order valence-electron chi connectivity index (χ0n) is 6.16. The van der Waals surface area contributed by atoms with Crippen molar-refractivity contribution in [1.29, 1.82) is 0 Å². The van der Waals surface area contributed by atoms with Crippen LogP contribution in [0.5, 0.6) is 0 Å². The van der Waals surface area contributed by atoms with E-state index in [-0.39, 0.29) is 39.5 Å². The molecular formula is C6H9Br2N3O. The number of nitrogens with one attached hydrogen (secondary N) is 2. The highest BCUT2D eigenvalue weighted by Crippen LogP contribution is 2.06. The molecule has 2 rings (SSSR count). The molecule has 68 valence electrons. The second-order valence-electron chi connectivity index (χ2n) is 2.31. The number of aromatic nitrogens is 2. The van der Waals surface area contributed by atoms with Crippen molar-refractivity contribution in [2.45, 2.75) is 13.1 Å². The van der Waals surface area contributed by atoms with Gasteiger partial charge in [-0.05, 0) is 5.56 Å². The fraction of sp³-hybridized carbons (Fsp3) is 0.333. The summed E-state index contributed by atoms with van der Waals surface area (Å²) in [5, 5.41) is 9.34. The van der Waals surface area contributed by atoms with Gasteiger partial charge in [-0.15, -0.1) is 34.0 Å². The summed E-state index contributed by atoms with van der Waals surface area (Å²) in [6.45, 7) is 1.54. The molecule has 0 atom stereocenters. The lowest BCUT2D eigenvalue weighted by molar-refractivity contribution is 0.752. The van der Waals surface area contributed by atoms with Gasteiger partial charge in [0.15, 0.2) is 0 Å². The van der Waals surface area contributed by atoms with Crippen LogP contribution in [0, 0.1) is 0 Å². The Hall–Kier alpha value is -0.200. The van der Waals surface area contributed by atoms with Crippen LogP contribution in [0.3, 0.4) is 0 Å². The topological polar surface area (TPSA) is 57.8 Å². The van der Waals surface area contributed by atoms with E-state index in [1.54, 1.807) is 6.07 Å². The van der Waals surface area contributed by atoms with Crippen molar-refractivity contribution in [2.75, 3.05) is 0 Å². The third-order valence-electron chi connectivity index (χ3n) is 1.58. The van der Waals surface area contributed by atoms with Gasteiger partial charge >= 0.3 is 0 Å². The zero-order chi connectivity index (χ0) is 6.97. The molecule has 1 aromatic heterocycles. The summed E-state index contributed by atoms with van der Waals surface area (Å²) in [4.78, 5) is 10.7. The number of halogens is 2. The minimum atomic E-state index is -0.123. The second-order valence-corrected chi connectivity index (χ2v) is 2.31. The van der Waals surface area contributed by atoms with E-state index in [1.165, 1.54) is 0 Å². The van der Waals surface area contributed by atoms with Gasteiger partial charge in [0.2, 0.25) is 0 Å². The Morgan fingerprint density at radius 2 is 2.08 bits per heavy atom. The van der Waals surface area contributed by atoms with Crippen molar-refractivity contribution < 1.29 is 0 Å². The lowest BCUT2D eigenvalue weighted by atomic mass is 10.2. The molecule has 0 amide bonds. The standard InChI is InChI=1S/C6H7N3O.2BrH/c10-6-1-4-2-7-3-5(4)8-9-6;;/h1,7H,2-3H2,(H,9,10);2*1H. The molecule has 0 unspecified atom stereocenters. The Balaban J connectivity index is 0.000000605. The average Bonchev–Trinajstić information content (AvgIpc) is 2.33. The molecule has 0 spiro atoms. The van der Waals surface area contributed by atoms with Gasteiger partial charge in [0, 0.05) is 19.2 Å². The monoisotopic (exact) mass is 297 g/mol. The maximum atomic E-state index is 10.7. The van der Waals surface area contributed by atoms with Crippen LogP contribution in [-0.4, -0.2) is 10.2 Å². The molecule has 0 saturated heterocycles. The van der Waals surface area contributed by atoms with Gasteiger partial charge in [0.1, 0.15) is 0 Å². The van der Waals surface area contributed by atoms with Crippen LogP contribution in [0.1, 0.15) is 11.3 Å². The summed E-state index contributed by atoms with van der Waals surface area (Å²) in [6, 6.07) is 1.59. The first-order valence-corrected chi connectivity index (χ1v) is 3.14. The number of hydrogen-bond donors (Lipinski definition) is 2. The Kier molecular flexibility index (Phi) is 4.66. The molecule has 1 aromatic rings. The molecule has 0 aromatic carbocycles. The smallest absolute Gasteiger partial charge is 0.264 e. The molecular weight excluding hydrogens is 290 g/mol. The third-order valence-corrected chi connectivity index (χ3v) is 1.58. The van der Waals surface area contributed by atoms with Crippen LogP contribution in [0.2, 0.25) is 0 Å². The summed E-state index contributed by atoms with van der Waals surface area (Å²) >= 11 is 0. The fourth-order valence-corrected chi connectivity index (χ4v) is 1.09. The van der Waals surface area contributed by atoms with Gasteiger partial charge in [-0.3, -0.25) is 4.79 Å². The molecule has 12 heavy (non-hydrogen) atoms. The molecule has 0 aliphatic carbocycles. The van der Waals surface area contributed by atoms with Crippen molar-refractivity contribution in [1.82, 2.24) is 15.5 Å². The number of nitrogens with zero attached hydrogens (tertiary/aromatic N) is 1. The van der Waals surface area contributed by atoms with Crippen molar-refractivity contribution in [2.24, 2.45) is 0 Å². The van der Waals surface area contributed by atoms with Crippen molar-refractivity contribution >= 4 is 34.0 Å². The highest BCUT2D eigenvalue weighted by atomic mass is 79.9. The maximum Gasteiger partial charge on any atom is 0.264 e. The summed E-state index contributed by atoms with van der Waals surface area (Å²) in [7, 11) is 0. The van der Waals surface area contributed by atoms with Crippen LogP contribution < -0.4 is 10.9 Å². The van der Waals surface area contributed by atoms with E-state index in [2.05, 4.69) is 15.5 Å². The lowest BCUT2D eigenvalue weighted by Gasteiger charge is -1.90. The number of hydrogen-bond acceptors (Lipinski definition) is 3. The summed E-state index contributed by atoms with van der Waals surface area (Å²) in [5.74, 6) is 0. The highest BCUT2D eigenvalue weighted by molar-refractivity contribution is 8.93. The van der Waals surface area contributed by atoms with E-state index in [1.807, 2.05) is 0 Å². The Morgan fingerprint density at radius 1 is 1.33 bits per heavy atom. The minimum Gasteiger partial charge on any atom is -0.307 e. The summed E-state index contributed by atoms with van der Waals surface area (Å²) in [5.41, 5.74) is 1.85. The predicted molar refractivity (Wildman–Crippen MR) is 56.0 cm³/mol. The molecule has 0 fully saturated rings. The number of aromatic amines is 1. The Labute approximate surface area is 90.3 Å². The first kappa shape index (κ1) is 11.8. The van der Waals surface area contributed by atoms with Crippen molar-refractivity contribution in [3.05, 3.63) is 27.7 Å². The first-order chi connectivity index (χ1) is 4.86. The molecule has 2 N–H and O–H groups in total. The van der Waals surface area contributed by atoms with E-state index in [4.69, 9.17) is 0 Å². The third kappa shape index (κ3) is 2.15. The summed E-state index contributed by atoms with van der Waals surface area (Å²) in [6.07, 6.45) is 0. The van der Waals surface area contributed by atoms with Gasteiger partial charge in [-0.1, -0.05) is 0 Å². The Morgan fingerprint density at radius 3 is 2.83 bits per heavy atom. The summed E-state index contributed by atoms with van der Waals surface area (Å²) < 4.78 is 0. The van der Waals surface area contributed by atoms with E-state index in [9.17, 15) is 4.79 Å². The Bertz CT molecular complexity index is 312. The van der Waals surface area contributed by atoms with Gasteiger partial charge in [0.25, 0.3) is 5.56 Å². The van der Waals surface area contributed by atoms with Crippen LogP contribution in [0.25, 0.3) is 0 Å². The van der Waals surface area contributed by atoms with Gasteiger partial charge in [-0.2, -0.15) is 5.10 Å². The lowest BCUT2D eigenvalue weighted by Crippen LogP contribution is -2.08. The molecule has 0 radical (unpaired) electrons. The van der Waals surface area contributed by atoms with Crippen LogP contribution in [0.4, 0.5) is 0 Å². The maximum absolute atomic E-state index is 10.7. The first-order valence-electron chi connectivity index (χ1n) is 3.14. The SMILES string of the molecule is Br.Br.O=c1cc2c(n[nH]1)CNC2. The van der Waals surface area contributed by atoms with Crippen molar-refractivity contribution in [3.8, 4) is 0 Å². The largest absolute Gasteiger partial charge is 0.307 e. The van der Waals surface area contributed by atoms with Crippen LogP contribution in [-0.2, 0) is 13.1 Å². The highest BCUT2D eigenvalue weighted by Gasteiger charge is 2.10. The van der Waals surface area contributed by atoms with E-state index < -0.39 is 0 Å². The number of H-pyrrole nitrogens is 1. The van der Waals surface area contributed by atoms with Crippen LogP contribution >= 0.6 is 34.0 Å². The molecule has 4 nitrogen and oxygen atoms in total. The molecule has 6 heteroatoms. The number of fused-ring (bicyclic) bond motifs is 1. The fourth-order valence-electron chi connectivity index (χ4n) is 1.09. The molecule has 1 aliphatic heterocycles. The van der Waals surface area contributed by atoms with Crippen molar-refractivity contribution in [3.63, 3.8) is 0 Å². The van der Waals surface area contributed by atoms with E-state index >= 15 is 0 Å². The molecule has 0 bridgehead atoms. The van der Waals surface area contributed by atoms with Crippen LogP contribution in [0.15, 0.2) is 10.9 Å². The quantitative estimate of drug-likeness (QED) is 0.735. The molecule has 2 heterocycles. The van der Waals surface area contributed by atoms with E-state index in [0.717, 1.165) is 24.3 Å². The van der Waals surface area contributed by atoms with E-state index in [0.29, 0.717) is 0 Å². The average molecular weight is 299 g/mol. The zero-order valence-corrected chi connectivity index (χ0v) is 9.59. The van der Waals surface area contributed by atoms with Gasteiger partial charge < -0.3 is 5.32 Å². The number of rotatable bonds is 0. The molecule has 0 saturated carbocycles. The van der Waals surface area contributed by atoms with Gasteiger partial charge in [0.05, 0.1) is 5.69 Å². The predicted octanol–water partition coefficient (Wildman–Crippen LogP) is 0.529. The minimum absolute atomic E-state index is 0.